The van der Waals surface area contributed by atoms with Gasteiger partial charge in [-0.2, -0.15) is 0 Å². The van der Waals surface area contributed by atoms with E-state index in [1.54, 1.807) is 7.11 Å². The number of methoxy groups -OCH3 is 1. The van der Waals surface area contributed by atoms with Gasteiger partial charge in [0.2, 0.25) is 0 Å². The van der Waals surface area contributed by atoms with Crippen LogP contribution in [0.25, 0.3) is 0 Å². The molecule has 13 heavy (non-hydrogen) atoms. The van der Waals surface area contributed by atoms with Gasteiger partial charge in [-0.3, -0.25) is 0 Å². The summed E-state index contributed by atoms with van der Waals surface area (Å²) in [4.78, 5) is 0. The summed E-state index contributed by atoms with van der Waals surface area (Å²) < 4.78 is 5.34. The molecule has 0 amide bonds. The summed E-state index contributed by atoms with van der Waals surface area (Å²) in [6.07, 6.45) is 0. The van der Waals surface area contributed by atoms with E-state index in [1.807, 2.05) is 12.1 Å². The molecule has 71 valence electrons. The van der Waals surface area contributed by atoms with E-state index in [9.17, 15) is 0 Å². The average Bonchev–Trinajstić information content (AvgIpc) is 2.02. The van der Waals surface area contributed by atoms with Crippen LogP contribution in [0.15, 0.2) is 18.2 Å². The Labute approximate surface area is 80.7 Å². The maximum atomic E-state index is 5.34. The molecule has 0 N–H and O–H groups in total. The molecule has 1 heteroatoms. The van der Waals surface area contributed by atoms with Crippen LogP contribution in [0.5, 0.6) is 5.75 Å². The molecule has 0 aromatic heterocycles. The normalized spacial score (nSPS) is 11.5. The Morgan fingerprint density at radius 1 is 1.23 bits per heavy atom. The molecule has 1 aromatic carbocycles. The first-order chi connectivity index (χ1) is 5.96. The third-order valence-electron chi connectivity index (χ3n) is 2.11. The number of hydrogen-bond donors (Lipinski definition) is 0. The Morgan fingerprint density at radius 3 is 2.23 bits per heavy atom. The Morgan fingerprint density at radius 2 is 1.85 bits per heavy atom. The van der Waals surface area contributed by atoms with Crippen LogP contribution in [-0.2, 0) is 5.41 Å². The van der Waals surface area contributed by atoms with E-state index in [0.29, 0.717) is 0 Å². The minimum Gasteiger partial charge on any atom is -0.496 e. The Hall–Kier alpha value is -0.980. The summed E-state index contributed by atoms with van der Waals surface area (Å²) in [7, 11) is 1.69. The monoisotopic (exact) mass is 177 g/mol. The molecule has 0 aliphatic heterocycles. The predicted octanol–water partition coefficient (Wildman–Crippen LogP) is 3.17. The summed E-state index contributed by atoms with van der Waals surface area (Å²) >= 11 is 0. The molecule has 0 aliphatic rings. The van der Waals surface area contributed by atoms with Crippen molar-refractivity contribution in [2.45, 2.75) is 26.2 Å². The summed E-state index contributed by atoms with van der Waals surface area (Å²) in [5.74, 6) is 0.912. The lowest BCUT2D eigenvalue weighted by Crippen LogP contribution is -2.13. The van der Waals surface area contributed by atoms with Crippen molar-refractivity contribution in [1.82, 2.24) is 0 Å². The van der Waals surface area contributed by atoms with Crippen LogP contribution in [0.4, 0.5) is 0 Å². The lowest BCUT2D eigenvalue weighted by Gasteiger charge is -2.22. The van der Waals surface area contributed by atoms with Crippen molar-refractivity contribution in [2.75, 3.05) is 7.11 Å². The molecule has 0 saturated carbocycles. The fourth-order valence-corrected chi connectivity index (χ4v) is 1.42. The van der Waals surface area contributed by atoms with Crippen molar-refractivity contribution >= 4 is 0 Å². The van der Waals surface area contributed by atoms with E-state index < -0.39 is 0 Å². The smallest absolute Gasteiger partial charge is 0.125 e. The van der Waals surface area contributed by atoms with Crippen LogP contribution in [0.2, 0.25) is 0 Å². The maximum absolute atomic E-state index is 5.34. The third kappa shape index (κ3) is 2.03. The van der Waals surface area contributed by atoms with Crippen LogP contribution in [0, 0.1) is 6.92 Å². The first-order valence-electron chi connectivity index (χ1n) is 4.46. The Kier molecular flexibility index (Phi) is 2.65. The SMILES string of the molecule is [CH2]c1cccc(C(C)(C)C)c1OC. The van der Waals surface area contributed by atoms with E-state index in [0.717, 1.165) is 11.3 Å². The number of rotatable bonds is 1. The van der Waals surface area contributed by atoms with E-state index >= 15 is 0 Å². The average molecular weight is 177 g/mol. The molecule has 0 atom stereocenters. The standard InChI is InChI=1S/C12H17O/c1-9-7-6-8-10(11(9)13-5)12(2,3)4/h6-8H,1H2,2-5H3. The van der Waals surface area contributed by atoms with Gasteiger partial charge in [-0.05, 0) is 23.5 Å². The van der Waals surface area contributed by atoms with Crippen molar-refractivity contribution in [2.24, 2.45) is 0 Å². The molecule has 0 fully saturated rings. The first-order valence-corrected chi connectivity index (χ1v) is 4.46. The molecule has 1 radical (unpaired) electrons. The van der Waals surface area contributed by atoms with E-state index in [4.69, 9.17) is 4.74 Å². The van der Waals surface area contributed by atoms with Crippen LogP contribution in [-0.4, -0.2) is 7.11 Å². The fourth-order valence-electron chi connectivity index (χ4n) is 1.42. The molecule has 1 nitrogen and oxygen atoms in total. The molecule has 1 aromatic rings. The lowest BCUT2D eigenvalue weighted by atomic mass is 9.85. The summed E-state index contributed by atoms with van der Waals surface area (Å²) in [6.45, 7) is 10.5. The molecule has 0 spiro atoms. The molecule has 0 unspecified atom stereocenters. The Balaban J connectivity index is 3.29. The maximum Gasteiger partial charge on any atom is 0.125 e. The number of benzene rings is 1. The van der Waals surface area contributed by atoms with Gasteiger partial charge in [0.1, 0.15) is 5.75 Å². The van der Waals surface area contributed by atoms with Gasteiger partial charge in [-0.1, -0.05) is 39.0 Å². The highest BCUT2D eigenvalue weighted by Gasteiger charge is 2.19. The minimum atomic E-state index is 0.110. The van der Waals surface area contributed by atoms with E-state index in [1.165, 1.54) is 5.56 Å². The van der Waals surface area contributed by atoms with Gasteiger partial charge >= 0.3 is 0 Å². The first kappa shape index (κ1) is 10.1. The molecule has 0 saturated heterocycles. The molecule has 1 rings (SSSR count). The number of ether oxygens (including phenoxy) is 1. The van der Waals surface area contributed by atoms with Crippen LogP contribution in [0.3, 0.4) is 0 Å². The second-order valence-electron chi connectivity index (χ2n) is 4.25. The lowest BCUT2D eigenvalue weighted by molar-refractivity contribution is 0.396. The van der Waals surface area contributed by atoms with Gasteiger partial charge in [0, 0.05) is 0 Å². The van der Waals surface area contributed by atoms with Gasteiger partial charge in [0.25, 0.3) is 0 Å². The highest BCUT2D eigenvalue weighted by atomic mass is 16.5. The molecule has 0 bridgehead atoms. The van der Waals surface area contributed by atoms with Gasteiger partial charge in [-0.25, -0.2) is 0 Å². The molecular formula is C12H17O. The fraction of sp³-hybridized carbons (Fsp3) is 0.417. The molecular weight excluding hydrogens is 160 g/mol. The zero-order valence-corrected chi connectivity index (χ0v) is 8.85. The third-order valence-corrected chi connectivity index (χ3v) is 2.11. The molecule has 0 aliphatic carbocycles. The quantitative estimate of drug-likeness (QED) is 0.640. The second kappa shape index (κ2) is 3.41. The van der Waals surface area contributed by atoms with Crippen molar-refractivity contribution < 1.29 is 4.74 Å². The van der Waals surface area contributed by atoms with Gasteiger partial charge in [0.15, 0.2) is 0 Å². The highest BCUT2D eigenvalue weighted by Crippen LogP contribution is 2.33. The van der Waals surface area contributed by atoms with Crippen molar-refractivity contribution in [3.8, 4) is 5.75 Å². The van der Waals surface area contributed by atoms with Crippen LogP contribution < -0.4 is 4.74 Å². The van der Waals surface area contributed by atoms with E-state index in [-0.39, 0.29) is 5.41 Å². The van der Waals surface area contributed by atoms with E-state index in [2.05, 4.69) is 33.8 Å². The number of para-hydroxylation sites is 1. The topological polar surface area (TPSA) is 9.23 Å². The van der Waals surface area contributed by atoms with Gasteiger partial charge in [-0.15, -0.1) is 0 Å². The zero-order chi connectivity index (χ0) is 10.1. The Bertz CT molecular complexity index is 294. The van der Waals surface area contributed by atoms with Gasteiger partial charge < -0.3 is 4.74 Å². The molecule has 0 heterocycles. The van der Waals surface area contributed by atoms with Crippen LogP contribution in [0.1, 0.15) is 31.9 Å². The zero-order valence-electron chi connectivity index (χ0n) is 8.85. The highest BCUT2D eigenvalue weighted by molar-refractivity contribution is 5.46. The predicted molar refractivity (Wildman–Crippen MR) is 56.2 cm³/mol. The summed E-state index contributed by atoms with van der Waals surface area (Å²) in [5.41, 5.74) is 2.27. The summed E-state index contributed by atoms with van der Waals surface area (Å²) in [5, 5.41) is 0. The second-order valence-corrected chi connectivity index (χ2v) is 4.25. The van der Waals surface area contributed by atoms with Crippen molar-refractivity contribution in [3.05, 3.63) is 36.2 Å². The minimum absolute atomic E-state index is 0.110. The number of hydrogen-bond acceptors (Lipinski definition) is 1. The van der Waals surface area contributed by atoms with Crippen molar-refractivity contribution in [3.63, 3.8) is 0 Å². The van der Waals surface area contributed by atoms with Gasteiger partial charge in [0.05, 0.1) is 7.11 Å². The van der Waals surface area contributed by atoms with Crippen LogP contribution >= 0.6 is 0 Å². The largest absolute Gasteiger partial charge is 0.496 e. The van der Waals surface area contributed by atoms with Crippen molar-refractivity contribution in [1.29, 1.82) is 0 Å². The summed E-state index contributed by atoms with van der Waals surface area (Å²) in [6, 6.07) is 6.08.